The van der Waals surface area contributed by atoms with Crippen molar-refractivity contribution in [2.24, 2.45) is 7.05 Å². The van der Waals surface area contributed by atoms with E-state index < -0.39 is 0 Å². The van der Waals surface area contributed by atoms with Crippen LogP contribution in [0.1, 0.15) is 35.0 Å². The summed E-state index contributed by atoms with van der Waals surface area (Å²) in [5, 5.41) is 14.2. The monoisotopic (exact) mass is 454 g/mol. The Morgan fingerprint density at radius 1 is 1.19 bits per heavy atom. The number of carbonyl (C=O) groups is 2. The third kappa shape index (κ3) is 5.57. The number of nitrogens with zero attached hydrogens (tertiary/aromatic N) is 4. The molecule has 2 amide bonds. The summed E-state index contributed by atoms with van der Waals surface area (Å²) in [5.41, 5.74) is 1.17. The molecular weight excluding hydrogens is 428 g/mol. The highest BCUT2D eigenvalue weighted by Gasteiger charge is 2.26. The lowest BCUT2D eigenvalue weighted by Gasteiger charge is -2.26. The zero-order chi connectivity index (χ0) is 22.3. The van der Waals surface area contributed by atoms with Crippen LogP contribution in [0, 0.1) is 0 Å². The molecule has 3 aromatic rings. The third-order valence-corrected chi connectivity index (χ3v) is 6.38. The van der Waals surface area contributed by atoms with Gasteiger partial charge in [-0.2, -0.15) is 0 Å². The van der Waals surface area contributed by atoms with Gasteiger partial charge in [0.2, 0.25) is 5.91 Å². The molecule has 0 aliphatic carbocycles. The topological polar surface area (TPSA) is 105 Å². The number of thioether (sulfide) groups is 1. The van der Waals surface area contributed by atoms with Crippen LogP contribution in [0.4, 0.5) is 5.69 Å². The molecule has 10 heteroatoms. The van der Waals surface area contributed by atoms with Crippen LogP contribution in [0.5, 0.6) is 0 Å². The van der Waals surface area contributed by atoms with E-state index in [4.69, 9.17) is 4.42 Å². The fourth-order valence-corrected chi connectivity index (χ4v) is 4.36. The highest BCUT2D eigenvalue weighted by atomic mass is 32.2. The summed E-state index contributed by atoms with van der Waals surface area (Å²) in [6, 6.07) is 10.7. The summed E-state index contributed by atoms with van der Waals surface area (Å²) >= 11 is 1.31. The van der Waals surface area contributed by atoms with E-state index in [0.717, 1.165) is 31.7 Å². The van der Waals surface area contributed by atoms with E-state index in [-0.39, 0.29) is 23.6 Å². The van der Waals surface area contributed by atoms with Crippen molar-refractivity contribution < 1.29 is 14.0 Å². The minimum atomic E-state index is -0.156. The van der Waals surface area contributed by atoms with Gasteiger partial charge in [0.05, 0.1) is 18.1 Å². The standard InChI is InChI=1S/C22H26N6O3S/c1-27-15-24-26-22(27)32-14-20(29)25-17-8-6-16(7-9-17)21(30)23-13-18(19-5-4-12-31-19)28-10-2-3-11-28/h4-9,12,15,18H,2-3,10-11,13-14H2,1H3,(H,23,30)(H,25,29). The van der Waals surface area contributed by atoms with Crippen LogP contribution in [-0.2, 0) is 11.8 Å². The normalized spacial score (nSPS) is 14.9. The lowest BCUT2D eigenvalue weighted by molar-refractivity contribution is -0.113. The Bertz CT molecular complexity index is 1030. The number of nitrogens with one attached hydrogen (secondary N) is 2. The molecule has 0 bridgehead atoms. The van der Waals surface area contributed by atoms with Crippen molar-refractivity contribution in [1.82, 2.24) is 25.0 Å². The second-order valence-electron chi connectivity index (χ2n) is 7.62. The largest absolute Gasteiger partial charge is 0.468 e. The molecule has 1 aromatic carbocycles. The molecule has 1 atom stereocenters. The van der Waals surface area contributed by atoms with Crippen LogP contribution >= 0.6 is 11.8 Å². The van der Waals surface area contributed by atoms with Crippen molar-refractivity contribution in [1.29, 1.82) is 0 Å². The Morgan fingerprint density at radius 2 is 1.97 bits per heavy atom. The van der Waals surface area contributed by atoms with E-state index in [1.165, 1.54) is 11.8 Å². The summed E-state index contributed by atoms with van der Waals surface area (Å²) < 4.78 is 7.36. The van der Waals surface area contributed by atoms with E-state index in [9.17, 15) is 9.59 Å². The van der Waals surface area contributed by atoms with Crippen LogP contribution in [-0.4, -0.2) is 56.9 Å². The first-order valence-electron chi connectivity index (χ1n) is 10.5. The third-order valence-electron chi connectivity index (χ3n) is 5.34. The number of anilines is 1. The maximum Gasteiger partial charge on any atom is 0.251 e. The molecule has 1 saturated heterocycles. The van der Waals surface area contributed by atoms with Gasteiger partial charge in [0, 0.05) is 24.8 Å². The predicted octanol–water partition coefficient (Wildman–Crippen LogP) is 2.71. The molecule has 1 unspecified atom stereocenters. The molecule has 1 fully saturated rings. The average Bonchev–Trinajstić information content (AvgIpc) is 3.57. The van der Waals surface area contributed by atoms with Crippen LogP contribution in [0.2, 0.25) is 0 Å². The maximum absolute atomic E-state index is 12.7. The molecule has 4 rings (SSSR count). The highest BCUT2D eigenvalue weighted by Crippen LogP contribution is 2.25. The smallest absolute Gasteiger partial charge is 0.251 e. The Labute approximate surface area is 190 Å². The number of furan rings is 1. The molecule has 1 aliphatic rings. The first kappa shape index (κ1) is 22.1. The van der Waals surface area contributed by atoms with Gasteiger partial charge in [0.1, 0.15) is 12.1 Å². The molecule has 3 heterocycles. The number of aryl methyl sites for hydroxylation is 1. The first-order chi connectivity index (χ1) is 15.6. The van der Waals surface area contributed by atoms with Gasteiger partial charge in [0.15, 0.2) is 5.16 Å². The van der Waals surface area contributed by atoms with Crippen molar-refractivity contribution in [3.63, 3.8) is 0 Å². The minimum Gasteiger partial charge on any atom is -0.468 e. The van der Waals surface area contributed by atoms with E-state index in [0.29, 0.717) is 23.0 Å². The van der Waals surface area contributed by atoms with Crippen molar-refractivity contribution in [3.8, 4) is 0 Å². The van der Waals surface area contributed by atoms with Gasteiger partial charge in [-0.15, -0.1) is 10.2 Å². The fraction of sp³-hybridized carbons (Fsp3) is 0.364. The van der Waals surface area contributed by atoms with Crippen LogP contribution < -0.4 is 10.6 Å². The van der Waals surface area contributed by atoms with E-state index in [1.54, 1.807) is 41.4 Å². The number of amides is 2. The molecule has 9 nitrogen and oxygen atoms in total. The number of rotatable bonds is 9. The molecule has 32 heavy (non-hydrogen) atoms. The van der Waals surface area contributed by atoms with Crippen molar-refractivity contribution in [2.75, 3.05) is 30.7 Å². The number of carbonyl (C=O) groups excluding carboxylic acids is 2. The molecule has 168 valence electrons. The number of hydrogen-bond acceptors (Lipinski definition) is 7. The molecular formula is C22H26N6O3S. The lowest BCUT2D eigenvalue weighted by atomic mass is 10.1. The molecule has 0 saturated carbocycles. The Hall–Kier alpha value is -3.11. The summed E-state index contributed by atoms with van der Waals surface area (Å²) in [7, 11) is 1.83. The summed E-state index contributed by atoms with van der Waals surface area (Å²) in [4.78, 5) is 27.2. The number of hydrogen-bond donors (Lipinski definition) is 2. The molecule has 2 aromatic heterocycles. The van der Waals surface area contributed by atoms with Crippen molar-refractivity contribution in [2.45, 2.75) is 24.0 Å². The second-order valence-corrected chi connectivity index (χ2v) is 8.57. The predicted molar refractivity (Wildman–Crippen MR) is 121 cm³/mol. The van der Waals surface area contributed by atoms with Gasteiger partial charge in [-0.05, 0) is 62.3 Å². The van der Waals surface area contributed by atoms with Gasteiger partial charge in [-0.1, -0.05) is 11.8 Å². The zero-order valence-electron chi connectivity index (χ0n) is 17.9. The highest BCUT2D eigenvalue weighted by molar-refractivity contribution is 7.99. The average molecular weight is 455 g/mol. The Balaban J connectivity index is 1.28. The number of aromatic nitrogens is 3. The quantitative estimate of drug-likeness (QED) is 0.479. The number of benzene rings is 1. The van der Waals surface area contributed by atoms with Gasteiger partial charge in [-0.25, -0.2) is 0 Å². The van der Waals surface area contributed by atoms with Crippen molar-refractivity contribution >= 4 is 29.3 Å². The lowest BCUT2D eigenvalue weighted by Crippen LogP contribution is -2.36. The van der Waals surface area contributed by atoms with Gasteiger partial charge < -0.3 is 19.6 Å². The summed E-state index contributed by atoms with van der Waals surface area (Å²) in [5.74, 6) is 0.780. The minimum absolute atomic E-state index is 0.0291. The SMILES string of the molecule is Cn1cnnc1SCC(=O)Nc1ccc(C(=O)NCC(c2ccco2)N2CCCC2)cc1. The van der Waals surface area contributed by atoms with Gasteiger partial charge in [0.25, 0.3) is 5.91 Å². The van der Waals surface area contributed by atoms with Gasteiger partial charge >= 0.3 is 0 Å². The molecule has 0 radical (unpaired) electrons. The molecule has 1 aliphatic heterocycles. The van der Waals surface area contributed by atoms with E-state index in [2.05, 4.69) is 25.7 Å². The van der Waals surface area contributed by atoms with Gasteiger partial charge in [-0.3, -0.25) is 14.5 Å². The Kier molecular flexibility index (Phi) is 7.23. The van der Waals surface area contributed by atoms with Crippen molar-refractivity contribution in [3.05, 3.63) is 60.3 Å². The summed E-state index contributed by atoms with van der Waals surface area (Å²) in [6.07, 6.45) is 5.58. The molecule has 2 N–H and O–H groups in total. The summed E-state index contributed by atoms with van der Waals surface area (Å²) in [6.45, 7) is 2.49. The number of likely N-dealkylation sites (tertiary alicyclic amines) is 1. The fourth-order valence-electron chi connectivity index (χ4n) is 3.67. The Morgan fingerprint density at radius 3 is 2.62 bits per heavy atom. The second kappa shape index (κ2) is 10.5. The van der Waals surface area contributed by atoms with Crippen LogP contribution in [0.15, 0.2) is 58.6 Å². The van der Waals surface area contributed by atoms with Crippen LogP contribution in [0.3, 0.4) is 0 Å². The first-order valence-corrected chi connectivity index (χ1v) is 11.5. The molecule has 0 spiro atoms. The zero-order valence-corrected chi connectivity index (χ0v) is 18.7. The van der Waals surface area contributed by atoms with E-state index >= 15 is 0 Å². The maximum atomic E-state index is 12.7. The van der Waals surface area contributed by atoms with Crippen LogP contribution in [0.25, 0.3) is 0 Å². The van der Waals surface area contributed by atoms with E-state index in [1.807, 2.05) is 19.2 Å².